The smallest absolute Gasteiger partial charge is 0.256 e. The second-order valence-electron chi connectivity index (χ2n) is 6.21. The van der Waals surface area contributed by atoms with Gasteiger partial charge in [0.1, 0.15) is 5.75 Å². The molecule has 1 aromatic heterocycles. The number of hydrogen-bond acceptors (Lipinski definition) is 3. The SMILES string of the molecule is CCCOc1ccc(C(=O)Nc2ccn(Cc3ccc(C)cc3)n2)cc1. The number of aryl methyl sites for hydroxylation is 1. The number of ether oxygens (including phenoxy) is 1. The van der Waals surface area contributed by atoms with E-state index >= 15 is 0 Å². The first-order valence-electron chi connectivity index (χ1n) is 8.77. The summed E-state index contributed by atoms with van der Waals surface area (Å²) in [6.45, 7) is 5.46. The first-order valence-corrected chi connectivity index (χ1v) is 8.77. The Morgan fingerprint density at radius 3 is 2.50 bits per heavy atom. The fourth-order valence-corrected chi connectivity index (χ4v) is 2.51. The molecule has 134 valence electrons. The molecule has 0 aliphatic carbocycles. The molecule has 0 saturated heterocycles. The van der Waals surface area contributed by atoms with E-state index in [2.05, 4.69) is 48.5 Å². The van der Waals surface area contributed by atoms with Crippen molar-refractivity contribution in [3.63, 3.8) is 0 Å². The number of rotatable bonds is 7. The number of carbonyl (C=O) groups excluding carboxylic acids is 1. The van der Waals surface area contributed by atoms with Gasteiger partial charge in [0.2, 0.25) is 0 Å². The van der Waals surface area contributed by atoms with Gasteiger partial charge in [-0.25, -0.2) is 0 Å². The quantitative estimate of drug-likeness (QED) is 0.692. The van der Waals surface area contributed by atoms with Gasteiger partial charge in [0.05, 0.1) is 13.2 Å². The van der Waals surface area contributed by atoms with Gasteiger partial charge in [0.15, 0.2) is 5.82 Å². The van der Waals surface area contributed by atoms with Crippen LogP contribution in [0.2, 0.25) is 0 Å². The van der Waals surface area contributed by atoms with E-state index in [9.17, 15) is 4.79 Å². The van der Waals surface area contributed by atoms with Crippen LogP contribution in [-0.4, -0.2) is 22.3 Å². The summed E-state index contributed by atoms with van der Waals surface area (Å²) < 4.78 is 7.34. The van der Waals surface area contributed by atoms with Gasteiger partial charge in [0.25, 0.3) is 5.91 Å². The minimum atomic E-state index is -0.187. The lowest BCUT2D eigenvalue weighted by molar-refractivity contribution is 0.102. The average molecular weight is 349 g/mol. The lowest BCUT2D eigenvalue weighted by Gasteiger charge is -2.06. The van der Waals surface area contributed by atoms with Crippen LogP contribution in [0.4, 0.5) is 5.82 Å². The molecule has 2 aromatic carbocycles. The van der Waals surface area contributed by atoms with E-state index in [1.807, 2.05) is 10.9 Å². The third-order valence-electron chi connectivity index (χ3n) is 3.94. The van der Waals surface area contributed by atoms with Crippen molar-refractivity contribution < 1.29 is 9.53 Å². The summed E-state index contributed by atoms with van der Waals surface area (Å²) >= 11 is 0. The highest BCUT2D eigenvalue weighted by Crippen LogP contribution is 2.14. The maximum atomic E-state index is 12.3. The van der Waals surface area contributed by atoms with Crippen LogP contribution < -0.4 is 10.1 Å². The minimum absolute atomic E-state index is 0.187. The van der Waals surface area contributed by atoms with Gasteiger partial charge in [-0.1, -0.05) is 36.8 Å². The number of nitrogens with zero attached hydrogens (tertiary/aromatic N) is 2. The van der Waals surface area contributed by atoms with E-state index < -0.39 is 0 Å². The largest absolute Gasteiger partial charge is 0.494 e. The van der Waals surface area contributed by atoms with E-state index in [1.165, 1.54) is 11.1 Å². The third-order valence-corrected chi connectivity index (χ3v) is 3.94. The molecule has 0 saturated carbocycles. The van der Waals surface area contributed by atoms with E-state index in [1.54, 1.807) is 30.3 Å². The Morgan fingerprint density at radius 2 is 1.81 bits per heavy atom. The Hall–Kier alpha value is -3.08. The number of aromatic nitrogens is 2. The van der Waals surface area contributed by atoms with Crippen LogP contribution in [0.1, 0.15) is 34.8 Å². The highest BCUT2D eigenvalue weighted by atomic mass is 16.5. The number of hydrogen-bond donors (Lipinski definition) is 1. The number of benzene rings is 2. The molecule has 1 amide bonds. The van der Waals surface area contributed by atoms with Crippen LogP contribution in [0, 0.1) is 6.92 Å². The van der Waals surface area contributed by atoms with Crippen molar-refractivity contribution in [2.24, 2.45) is 0 Å². The van der Waals surface area contributed by atoms with Crippen molar-refractivity contribution >= 4 is 11.7 Å². The Morgan fingerprint density at radius 1 is 1.08 bits per heavy atom. The molecule has 0 bridgehead atoms. The molecule has 0 aliphatic heterocycles. The number of carbonyl (C=O) groups is 1. The van der Waals surface area contributed by atoms with E-state index in [-0.39, 0.29) is 5.91 Å². The van der Waals surface area contributed by atoms with Crippen molar-refractivity contribution in [2.75, 3.05) is 11.9 Å². The van der Waals surface area contributed by atoms with Gasteiger partial charge >= 0.3 is 0 Å². The maximum Gasteiger partial charge on any atom is 0.256 e. The third kappa shape index (κ3) is 4.72. The molecule has 5 heteroatoms. The number of nitrogens with one attached hydrogen (secondary N) is 1. The summed E-state index contributed by atoms with van der Waals surface area (Å²) in [4.78, 5) is 12.3. The topological polar surface area (TPSA) is 56.1 Å². The molecular weight excluding hydrogens is 326 g/mol. The fourth-order valence-electron chi connectivity index (χ4n) is 2.51. The molecular formula is C21H23N3O2. The van der Waals surface area contributed by atoms with Crippen LogP contribution in [0.5, 0.6) is 5.75 Å². The predicted octanol–water partition coefficient (Wildman–Crippen LogP) is 4.28. The molecule has 1 N–H and O–H groups in total. The zero-order valence-electron chi connectivity index (χ0n) is 15.1. The monoisotopic (exact) mass is 349 g/mol. The first kappa shape index (κ1) is 17.7. The summed E-state index contributed by atoms with van der Waals surface area (Å²) in [5.74, 6) is 1.12. The van der Waals surface area contributed by atoms with Crippen molar-refractivity contribution in [2.45, 2.75) is 26.8 Å². The fraction of sp³-hybridized carbons (Fsp3) is 0.238. The van der Waals surface area contributed by atoms with Crippen LogP contribution >= 0.6 is 0 Å². The van der Waals surface area contributed by atoms with Gasteiger partial charge in [-0.15, -0.1) is 0 Å². The van der Waals surface area contributed by atoms with Gasteiger partial charge in [0, 0.05) is 17.8 Å². The zero-order valence-corrected chi connectivity index (χ0v) is 15.1. The van der Waals surface area contributed by atoms with Crippen molar-refractivity contribution in [3.05, 3.63) is 77.5 Å². The summed E-state index contributed by atoms with van der Waals surface area (Å²) in [5, 5.41) is 7.24. The van der Waals surface area contributed by atoms with Gasteiger partial charge in [-0.05, 0) is 43.2 Å². The number of amides is 1. The standard InChI is InChI=1S/C21H23N3O2/c1-3-14-26-19-10-8-18(9-11-19)21(25)22-20-12-13-24(23-20)15-17-6-4-16(2)5-7-17/h4-13H,3,14-15H2,1-2H3,(H,22,23,25). The van der Waals surface area contributed by atoms with Crippen molar-refractivity contribution in [1.29, 1.82) is 0 Å². The van der Waals surface area contributed by atoms with Gasteiger partial charge in [-0.2, -0.15) is 5.10 Å². The zero-order chi connectivity index (χ0) is 18.4. The highest BCUT2D eigenvalue weighted by Gasteiger charge is 2.08. The molecule has 0 unspecified atom stereocenters. The van der Waals surface area contributed by atoms with Crippen LogP contribution in [-0.2, 0) is 6.54 Å². The number of anilines is 1. The lowest BCUT2D eigenvalue weighted by Crippen LogP contribution is -2.12. The highest BCUT2D eigenvalue weighted by molar-refractivity contribution is 6.03. The minimum Gasteiger partial charge on any atom is -0.494 e. The molecule has 0 spiro atoms. The summed E-state index contributed by atoms with van der Waals surface area (Å²) in [5.41, 5.74) is 2.97. The Kier molecular flexibility index (Phi) is 5.69. The average Bonchev–Trinajstić information content (AvgIpc) is 3.09. The van der Waals surface area contributed by atoms with Crippen LogP contribution in [0.3, 0.4) is 0 Å². The predicted molar refractivity (Wildman–Crippen MR) is 103 cm³/mol. The Labute approximate surface area is 153 Å². The molecule has 0 fully saturated rings. The molecule has 1 heterocycles. The molecule has 0 atom stereocenters. The van der Waals surface area contributed by atoms with Crippen LogP contribution in [0.25, 0.3) is 0 Å². The summed E-state index contributed by atoms with van der Waals surface area (Å²) in [7, 11) is 0. The second-order valence-corrected chi connectivity index (χ2v) is 6.21. The van der Waals surface area contributed by atoms with Gasteiger partial charge in [-0.3, -0.25) is 9.48 Å². The molecule has 3 aromatic rings. The normalized spacial score (nSPS) is 10.5. The summed E-state index contributed by atoms with van der Waals surface area (Å²) in [6.07, 6.45) is 2.81. The van der Waals surface area contributed by atoms with E-state index in [0.29, 0.717) is 24.5 Å². The van der Waals surface area contributed by atoms with E-state index in [4.69, 9.17) is 4.74 Å². The molecule has 3 rings (SSSR count). The maximum absolute atomic E-state index is 12.3. The molecule has 5 nitrogen and oxygen atoms in total. The van der Waals surface area contributed by atoms with E-state index in [0.717, 1.165) is 12.2 Å². The Balaban J connectivity index is 1.59. The van der Waals surface area contributed by atoms with Crippen LogP contribution in [0.15, 0.2) is 60.8 Å². The Bertz CT molecular complexity index is 852. The van der Waals surface area contributed by atoms with Crippen molar-refractivity contribution in [1.82, 2.24) is 9.78 Å². The molecule has 0 radical (unpaired) electrons. The lowest BCUT2D eigenvalue weighted by atomic mass is 10.1. The second kappa shape index (κ2) is 8.34. The molecule has 26 heavy (non-hydrogen) atoms. The first-order chi connectivity index (χ1) is 12.6. The van der Waals surface area contributed by atoms with Crippen molar-refractivity contribution in [3.8, 4) is 5.75 Å². The van der Waals surface area contributed by atoms with Gasteiger partial charge < -0.3 is 10.1 Å². The molecule has 0 aliphatic rings. The summed E-state index contributed by atoms with van der Waals surface area (Å²) in [6, 6.07) is 17.2.